The van der Waals surface area contributed by atoms with E-state index in [1.807, 2.05) is 6.92 Å². The van der Waals surface area contributed by atoms with Gasteiger partial charge in [0.25, 0.3) is 0 Å². The van der Waals surface area contributed by atoms with E-state index in [2.05, 4.69) is 0 Å². The molecule has 0 saturated heterocycles. The van der Waals surface area contributed by atoms with E-state index in [-0.39, 0.29) is 3.75 Å². The van der Waals surface area contributed by atoms with E-state index < -0.39 is 20.1 Å². The van der Waals surface area contributed by atoms with Gasteiger partial charge in [0.15, 0.2) is 0 Å². The quantitative estimate of drug-likeness (QED) is 0.709. The summed E-state index contributed by atoms with van der Waals surface area (Å²) in [6.07, 6.45) is 0.808. The topological polar surface area (TPSA) is 79.7 Å². The van der Waals surface area contributed by atoms with Crippen LogP contribution in [0.1, 0.15) is 13.3 Å². The molecule has 0 amide bonds. The fourth-order valence-electron chi connectivity index (χ4n) is 1.76. The van der Waals surface area contributed by atoms with Crippen LogP contribution in [-0.2, 0) is 28.5 Å². The Bertz CT molecular complexity index is 163. The molecule has 1 unspecified atom stereocenters. The molecule has 1 atom stereocenters. The Morgan fingerprint density at radius 3 is 1.79 bits per heavy atom. The fourth-order valence-corrected chi connectivity index (χ4v) is 10.4. The van der Waals surface area contributed by atoms with Crippen LogP contribution < -0.4 is 11.5 Å². The molecule has 0 bridgehead atoms. The normalized spacial score (nSPS) is 17.4. The molecule has 0 aromatic carbocycles. The molecule has 0 aliphatic carbocycles. The molecule has 4 N–H and O–H groups in total. The van der Waals surface area contributed by atoms with Crippen molar-refractivity contribution in [3.05, 3.63) is 0 Å². The predicted molar refractivity (Wildman–Crippen MR) is 53.2 cm³/mol. The SMILES string of the molecule is C[O][Zr]([CH2]CCN)([O]C)([O]C)[CH](C)N. The summed E-state index contributed by atoms with van der Waals surface area (Å²) in [6, 6.07) is 0. The Morgan fingerprint density at radius 1 is 1.14 bits per heavy atom. The third-order valence-corrected chi connectivity index (χ3v) is 16.7. The van der Waals surface area contributed by atoms with Gasteiger partial charge in [-0.1, -0.05) is 0 Å². The number of hydrogen-bond donors (Lipinski definition) is 2. The van der Waals surface area contributed by atoms with E-state index in [0.29, 0.717) is 10.7 Å². The minimum absolute atomic E-state index is 0.206. The first-order chi connectivity index (χ1) is 6.51. The first-order valence-electron chi connectivity index (χ1n) is 4.80. The molecule has 14 heavy (non-hydrogen) atoms. The molecule has 0 aliphatic rings. The number of rotatable bonds is 7. The van der Waals surface area contributed by atoms with Crippen molar-refractivity contribution in [2.75, 3.05) is 27.9 Å². The van der Waals surface area contributed by atoms with Crippen LogP contribution in [-0.4, -0.2) is 31.6 Å². The van der Waals surface area contributed by atoms with Crippen LogP contribution in [0.15, 0.2) is 0 Å². The summed E-state index contributed by atoms with van der Waals surface area (Å²) >= 11 is -4.10. The van der Waals surface area contributed by atoms with Gasteiger partial charge in [-0.05, 0) is 0 Å². The number of nitrogens with two attached hydrogens (primary N) is 2. The first-order valence-corrected chi connectivity index (χ1v) is 11.0. The van der Waals surface area contributed by atoms with Crippen molar-refractivity contribution in [3.63, 3.8) is 0 Å². The van der Waals surface area contributed by atoms with Crippen LogP contribution in [0.2, 0.25) is 4.13 Å². The Labute approximate surface area is 89.1 Å². The Balaban J connectivity index is 4.93. The van der Waals surface area contributed by atoms with E-state index in [1.54, 1.807) is 21.3 Å². The minimum atomic E-state index is -4.10. The zero-order chi connectivity index (χ0) is 11.3. The molecule has 0 aliphatic heterocycles. The molecule has 0 saturated carbocycles. The van der Waals surface area contributed by atoms with Gasteiger partial charge in [0.2, 0.25) is 0 Å². The Hall–Kier alpha value is 0.683. The maximum absolute atomic E-state index is 5.96. The summed E-state index contributed by atoms with van der Waals surface area (Å²) in [5.74, 6) is 0. The molecule has 0 heterocycles. The van der Waals surface area contributed by atoms with Gasteiger partial charge in [-0.25, -0.2) is 0 Å². The zero-order valence-electron chi connectivity index (χ0n) is 9.58. The summed E-state index contributed by atoms with van der Waals surface area (Å²) in [6.45, 7) is 2.46. The second-order valence-electron chi connectivity index (χ2n) is 3.53. The standard InChI is InChI=1S/C3H8N.C2H6N.3CH3O.Zr/c1-2-3-4;1-2-3;3*1-2;/h1-4H2;2H,3H2,1H3;3*1H3;/q;;3*-1;+3. The molecule has 87 valence electrons. The summed E-state index contributed by atoms with van der Waals surface area (Å²) in [4.78, 5) is 0. The molecule has 0 radical (unpaired) electrons. The van der Waals surface area contributed by atoms with Gasteiger partial charge >= 0.3 is 89.1 Å². The molecule has 0 aromatic heterocycles. The van der Waals surface area contributed by atoms with Crippen molar-refractivity contribution in [3.8, 4) is 0 Å². The van der Waals surface area contributed by atoms with Gasteiger partial charge < -0.3 is 0 Å². The molecular formula is C8H23N2O3Zr. The Morgan fingerprint density at radius 2 is 1.57 bits per heavy atom. The van der Waals surface area contributed by atoms with Crippen LogP contribution in [0.5, 0.6) is 0 Å². The van der Waals surface area contributed by atoms with Crippen LogP contribution in [0.3, 0.4) is 0 Å². The molecular weight excluding hydrogens is 263 g/mol. The van der Waals surface area contributed by atoms with E-state index in [1.165, 1.54) is 0 Å². The van der Waals surface area contributed by atoms with Gasteiger partial charge in [-0.3, -0.25) is 0 Å². The van der Waals surface area contributed by atoms with Crippen LogP contribution in [0, 0.1) is 0 Å². The maximum atomic E-state index is 5.96. The van der Waals surface area contributed by atoms with E-state index in [0.717, 1.165) is 6.42 Å². The van der Waals surface area contributed by atoms with Gasteiger partial charge in [0, 0.05) is 0 Å². The molecule has 0 fully saturated rings. The van der Waals surface area contributed by atoms with Crippen LogP contribution >= 0.6 is 0 Å². The fraction of sp³-hybridized carbons (Fsp3) is 1.00. The average Bonchev–Trinajstić information content (AvgIpc) is 2.21. The summed E-state index contributed by atoms with van der Waals surface area (Å²) in [5, 5.41) is 0. The van der Waals surface area contributed by atoms with Crippen molar-refractivity contribution in [2.45, 2.75) is 21.2 Å². The van der Waals surface area contributed by atoms with E-state index >= 15 is 0 Å². The zero-order valence-corrected chi connectivity index (χ0v) is 12.0. The van der Waals surface area contributed by atoms with E-state index in [9.17, 15) is 0 Å². The third kappa shape index (κ3) is 2.43. The van der Waals surface area contributed by atoms with Gasteiger partial charge in [0.1, 0.15) is 0 Å². The average molecular weight is 287 g/mol. The molecule has 0 rings (SSSR count). The van der Waals surface area contributed by atoms with Crippen molar-refractivity contribution in [1.29, 1.82) is 0 Å². The number of hydrogen-bond acceptors (Lipinski definition) is 5. The Kier molecular flexibility index (Phi) is 5.96. The predicted octanol–water partition coefficient (Wildman–Crippen LogP) is 0.432. The molecule has 0 aromatic rings. The molecule has 0 spiro atoms. The van der Waals surface area contributed by atoms with Crippen LogP contribution in [0.25, 0.3) is 0 Å². The van der Waals surface area contributed by atoms with Crippen molar-refractivity contribution in [1.82, 2.24) is 0 Å². The van der Waals surface area contributed by atoms with Gasteiger partial charge in [0.05, 0.1) is 0 Å². The van der Waals surface area contributed by atoms with Crippen molar-refractivity contribution >= 4 is 0 Å². The van der Waals surface area contributed by atoms with Crippen molar-refractivity contribution < 1.29 is 28.5 Å². The summed E-state index contributed by atoms with van der Waals surface area (Å²) in [5.41, 5.74) is 11.4. The van der Waals surface area contributed by atoms with Crippen molar-refractivity contribution in [2.24, 2.45) is 11.5 Å². The second-order valence-corrected chi connectivity index (χ2v) is 16.1. The van der Waals surface area contributed by atoms with Gasteiger partial charge in [-0.2, -0.15) is 0 Å². The molecule has 6 heteroatoms. The monoisotopic (exact) mass is 285 g/mol. The summed E-state index contributed by atoms with van der Waals surface area (Å²) < 4.78 is 17.2. The third-order valence-electron chi connectivity index (χ3n) is 3.00. The second kappa shape index (κ2) is 5.68. The first kappa shape index (κ1) is 14.7. The summed E-state index contributed by atoms with van der Waals surface area (Å²) in [7, 11) is 4.83. The molecule has 5 nitrogen and oxygen atoms in total. The van der Waals surface area contributed by atoms with Gasteiger partial charge in [-0.15, -0.1) is 0 Å². The van der Waals surface area contributed by atoms with E-state index in [4.69, 9.17) is 19.9 Å². The van der Waals surface area contributed by atoms with Crippen LogP contribution in [0.4, 0.5) is 0 Å².